The molecule has 1 aliphatic rings. The van der Waals surface area contributed by atoms with Crippen LogP contribution in [0.15, 0.2) is 96.6 Å². The maximum atomic E-state index is 14.2. The molecule has 1 unspecified atom stereocenters. The van der Waals surface area contributed by atoms with E-state index in [2.05, 4.69) is 16.9 Å². The third-order valence-electron chi connectivity index (χ3n) is 6.13. The molecule has 0 bridgehead atoms. The van der Waals surface area contributed by atoms with Crippen molar-refractivity contribution in [1.29, 1.82) is 0 Å². The van der Waals surface area contributed by atoms with Crippen LogP contribution in [0.2, 0.25) is 5.32 Å². The topological polar surface area (TPSA) is 72.9 Å². The number of ether oxygens (including phenoxy) is 2. The number of esters is 1. The summed E-state index contributed by atoms with van der Waals surface area (Å²) < 4.78 is 10.5. The van der Waals surface area contributed by atoms with Gasteiger partial charge in [-0.25, -0.2) is 0 Å². The van der Waals surface area contributed by atoms with Crippen molar-refractivity contribution in [3.8, 4) is 0 Å². The van der Waals surface area contributed by atoms with E-state index in [9.17, 15) is 14.4 Å². The molecule has 1 aliphatic heterocycles. The molecule has 1 amide bonds. The molecule has 0 aliphatic carbocycles. The summed E-state index contributed by atoms with van der Waals surface area (Å²) in [5.74, 6) is -0.818. The second kappa shape index (κ2) is 11.4. The third kappa shape index (κ3) is 5.59. The van der Waals surface area contributed by atoms with Gasteiger partial charge >= 0.3 is 217 Å². The van der Waals surface area contributed by atoms with Crippen molar-refractivity contribution in [3.63, 3.8) is 0 Å². The van der Waals surface area contributed by atoms with E-state index < -0.39 is 17.5 Å². The predicted octanol–water partition coefficient (Wildman–Crippen LogP) is 4.59. The normalized spacial score (nSPS) is 17.3. The molecule has 4 rings (SSSR count). The van der Waals surface area contributed by atoms with Crippen LogP contribution in [0.5, 0.6) is 0 Å². The fourth-order valence-electron chi connectivity index (χ4n) is 4.28. The Morgan fingerprint density at radius 1 is 0.889 bits per heavy atom. The van der Waals surface area contributed by atoms with Crippen molar-refractivity contribution in [2.75, 3.05) is 7.11 Å². The standard InChI is InChI=1S/C29H27NO5Se/c1-29(20-36-23-16-10-5-11-17-23)24(18-25(31)35-28(33)34-2)26(22-14-8-4-9-15-22)30(27(29)32)19-21-12-6-3-7-13-21/h3-17H,18-20H2,1-2H3. The van der Waals surface area contributed by atoms with Crippen molar-refractivity contribution in [2.24, 2.45) is 5.41 Å². The van der Waals surface area contributed by atoms with Gasteiger partial charge in [-0.3, -0.25) is 0 Å². The fourth-order valence-corrected chi connectivity index (χ4v) is 6.60. The van der Waals surface area contributed by atoms with Crippen molar-refractivity contribution < 1.29 is 23.9 Å². The Morgan fingerprint density at radius 3 is 2.08 bits per heavy atom. The summed E-state index contributed by atoms with van der Waals surface area (Å²) in [5, 5.41) is 0.561. The van der Waals surface area contributed by atoms with E-state index in [4.69, 9.17) is 4.74 Å². The Hall–Kier alpha value is -3.67. The van der Waals surface area contributed by atoms with E-state index in [0.717, 1.165) is 18.2 Å². The first kappa shape index (κ1) is 25.4. The number of amides is 1. The average molecular weight is 548 g/mol. The summed E-state index contributed by atoms with van der Waals surface area (Å²) in [4.78, 5) is 40.4. The van der Waals surface area contributed by atoms with Gasteiger partial charge in [0.25, 0.3) is 0 Å². The van der Waals surface area contributed by atoms with Gasteiger partial charge in [-0.1, -0.05) is 0 Å². The Kier molecular flexibility index (Phi) is 8.03. The van der Waals surface area contributed by atoms with Crippen molar-refractivity contribution in [1.82, 2.24) is 4.90 Å². The van der Waals surface area contributed by atoms with Gasteiger partial charge in [-0.2, -0.15) is 0 Å². The van der Waals surface area contributed by atoms with Crippen molar-refractivity contribution >= 4 is 43.1 Å². The number of hydrogen-bond donors (Lipinski definition) is 0. The number of nitrogens with zero attached hydrogens (tertiary/aromatic N) is 1. The minimum absolute atomic E-state index is 0.0201. The molecule has 3 aromatic rings. The van der Waals surface area contributed by atoms with Gasteiger partial charge in [0.2, 0.25) is 0 Å². The third-order valence-corrected chi connectivity index (χ3v) is 8.91. The summed E-state index contributed by atoms with van der Waals surface area (Å²) >= 11 is -0.0201. The zero-order valence-corrected chi connectivity index (χ0v) is 21.9. The van der Waals surface area contributed by atoms with Crippen LogP contribution < -0.4 is 4.46 Å². The quantitative estimate of drug-likeness (QED) is 0.234. The van der Waals surface area contributed by atoms with Gasteiger partial charge in [0.15, 0.2) is 0 Å². The Labute approximate surface area is 217 Å². The molecule has 184 valence electrons. The molecular weight excluding hydrogens is 521 g/mol. The zero-order chi connectivity index (χ0) is 25.5. The number of rotatable bonds is 8. The first-order chi connectivity index (χ1) is 17.4. The fraction of sp³-hybridized carbons (Fsp3) is 0.207. The number of hydrogen-bond acceptors (Lipinski definition) is 5. The van der Waals surface area contributed by atoms with E-state index >= 15 is 0 Å². The summed E-state index contributed by atoms with van der Waals surface area (Å²) in [5.41, 5.74) is 2.22. The molecular formula is C29H27NO5Se. The number of carbonyl (C=O) groups excluding carboxylic acids is 3. The van der Waals surface area contributed by atoms with E-state index in [1.165, 1.54) is 4.46 Å². The monoisotopic (exact) mass is 549 g/mol. The van der Waals surface area contributed by atoms with Gasteiger partial charge in [0.1, 0.15) is 0 Å². The minimum atomic E-state index is -1.07. The number of methoxy groups -OCH3 is 1. The predicted molar refractivity (Wildman–Crippen MR) is 138 cm³/mol. The van der Waals surface area contributed by atoms with Crippen LogP contribution in [0.1, 0.15) is 24.5 Å². The van der Waals surface area contributed by atoms with Gasteiger partial charge < -0.3 is 0 Å². The maximum absolute atomic E-state index is 14.2. The second-order valence-corrected chi connectivity index (χ2v) is 10.8. The number of carbonyl (C=O) groups is 3. The molecule has 0 radical (unpaired) electrons. The summed E-state index contributed by atoms with van der Waals surface area (Å²) in [7, 11) is 1.15. The zero-order valence-electron chi connectivity index (χ0n) is 20.2. The Bertz CT molecular complexity index is 1260. The van der Waals surface area contributed by atoms with Crippen LogP contribution in [0.4, 0.5) is 4.79 Å². The van der Waals surface area contributed by atoms with Crippen LogP contribution in [-0.2, 0) is 25.6 Å². The molecule has 0 aromatic heterocycles. The van der Waals surface area contributed by atoms with E-state index in [0.29, 0.717) is 23.1 Å². The van der Waals surface area contributed by atoms with Gasteiger partial charge in [-0.05, 0) is 0 Å². The van der Waals surface area contributed by atoms with Crippen LogP contribution in [0, 0.1) is 5.41 Å². The first-order valence-electron chi connectivity index (χ1n) is 11.5. The molecule has 7 heteroatoms. The SMILES string of the molecule is COC(=O)OC(=O)CC1=C(c2ccccc2)N(Cc2ccccc2)C(=O)C1(C)C[Se]c1ccccc1. The van der Waals surface area contributed by atoms with E-state index in [1.807, 2.05) is 85.8 Å². The van der Waals surface area contributed by atoms with Gasteiger partial charge in [0, 0.05) is 0 Å². The molecule has 0 saturated heterocycles. The Morgan fingerprint density at radius 2 is 1.47 bits per heavy atom. The van der Waals surface area contributed by atoms with Gasteiger partial charge in [-0.15, -0.1) is 0 Å². The average Bonchev–Trinajstić information content (AvgIpc) is 3.10. The van der Waals surface area contributed by atoms with Crippen molar-refractivity contribution in [2.45, 2.75) is 25.2 Å². The molecule has 36 heavy (non-hydrogen) atoms. The van der Waals surface area contributed by atoms with E-state index in [1.54, 1.807) is 4.90 Å². The molecule has 1 heterocycles. The molecule has 0 N–H and O–H groups in total. The first-order valence-corrected chi connectivity index (χ1v) is 13.6. The van der Waals surface area contributed by atoms with Crippen LogP contribution in [-0.4, -0.2) is 45.0 Å². The summed E-state index contributed by atoms with van der Waals surface area (Å²) in [6.45, 7) is 2.27. The Balaban J connectivity index is 1.80. The van der Waals surface area contributed by atoms with Crippen LogP contribution in [0.25, 0.3) is 5.70 Å². The molecule has 3 aromatic carbocycles. The summed E-state index contributed by atoms with van der Waals surface area (Å²) in [6.07, 6.45) is -1.26. The van der Waals surface area contributed by atoms with Crippen molar-refractivity contribution in [3.05, 3.63) is 108 Å². The molecule has 1 atom stereocenters. The van der Waals surface area contributed by atoms with Crippen LogP contribution >= 0.6 is 0 Å². The number of benzene rings is 3. The summed E-state index contributed by atoms with van der Waals surface area (Å²) in [6, 6.07) is 29.4. The van der Waals surface area contributed by atoms with E-state index in [-0.39, 0.29) is 27.3 Å². The van der Waals surface area contributed by atoms with Crippen LogP contribution in [0.3, 0.4) is 0 Å². The molecule has 0 saturated carbocycles. The second-order valence-electron chi connectivity index (χ2n) is 8.61. The molecule has 0 spiro atoms. The van der Waals surface area contributed by atoms with Gasteiger partial charge in [0.05, 0.1) is 0 Å². The molecule has 0 fully saturated rings. The molecule has 6 nitrogen and oxygen atoms in total.